The van der Waals surface area contributed by atoms with Crippen molar-refractivity contribution in [2.24, 2.45) is 0 Å². The Bertz CT molecular complexity index is 638. The maximum Gasteiger partial charge on any atom is 0.387 e. The van der Waals surface area contributed by atoms with Gasteiger partial charge in [0, 0.05) is 0 Å². The first-order chi connectivity index (χ1) is 10.2. The number of carbonyl (C=O) groups is 1. The minimum atomic E-state index is -4.15. The monoisotopic (exact) mass is 357 g/mol. The molecule has 1 aromatic rings. The molecule has 0 spiro atoms. The number of halogens is 3. The number of rotatable bonds is 8. The first kappa shape index (κ1) is 18.6. The van der Waals surface area contributed by atoms with Crippen LogP contribution >= 0.6 is 11.6 Å². The standard InChI is InChI=1S/C12H14ClF2NO5S/c1-2-3-9(11(17)18)16-22(19,20)7-4-5-10(8(13)6-7)21-12(14)15/h4-6,9,12,16H,2-3H2,1H3,(H,17,18). The molecule has 1 unspecified atom stereocenters. The summed E-state index contributed by atoms with van der Waals surface area (Å²) in [6.07, 6.45) is 0.566. The van der Waals surface area contributed by atoms with Crippen LogP contribution in [-0.2, 0) is 14.8 Å². The lowest BCUT2D eigenvalue weighted by molar-refractivity contribution is -0.139. The molecule has 0 aliphatic rings. The van der Waals surface area contributed by atoms with Gasteiger partial charge in [0.05, 0.1) is 9.92 Å². The van der Waals surface area contributed by atoms with Crippen molar-refractivity contribution in [1.82, 2.24) is 4.72 Å². The van der Waals surface area contributed by atoms with Crippen LogP contribution in [0.4, 0.5) is 8.78 Å². The topological polar surface area (TPSA) is 92.7 Å². The second-order valence-corrected chi connectivity index (χ2v) is 6.39. The highest BCUT2D eigenvalue weighted by Crippen LogP contribution is 2.28. The third-order valence-electron chi connectivity index (χ3n) is 2.60. The molecule has 1 rings (SSSR count). The SMILES string of the molecule is CCCC(NS(=O)(=O)c1ccc(OC(F)F)c(Cl)c1)C(=O)O. The third-order valence-corrected chi connectivity index (χ3v) is 4.37. The van der Waals surface area contributed by atoms with Gasteiger partial charge in [0.2, 0.25) is 10.0 Å². The van der Waals surface area contributed by atoms with Gasteiger partial charge in [-0.25, -0.2) is 8.42 Å². The summed E-state index contributed by atoms with van der Waals surface area (Å²) in [6, 6.07) is 1.59. The van der Waals surface area contributed by atoms with Crippen LogP contribution in [0.25, 0.3) is 0 Å². The highest BCUT2D eigenvalue weighted by Gasteiger charge is 2.25. The van der Waals surface area contributed by atoms with Gasteiger partial charge >= 0.3 is 12.6 Å². The van der Waals surface area contributed by atoms with E-state index in [1.807, 2.05) is 4.72 Å². The van der Waals surface area contributed by atoms with Gasteiger partial charge in [-0.2, -0.15) is 13.5 Å². The number of benzene rings is 1. The van der Waals surface area contributed by atoms with E-state index >= 15 is 0 Å². The van der Waals surface area contributed by atoms with Gasteiger partial charge < -0.3 is 9.84 Å². The number of carboxylic acid groups (broad SMARTS) is 1. The molecule has 0 saturated carbocycles. The van der Waals surface area contributed by atoms with Gasteiger partial charge in [-0.1, -0.05) is 24.9 Å². The summed E-state index contributed by atoms with van der Waals surface area (Å²) < 4.78 is 54.5. The van der Waals surface area contributed by atoms with Crippen LogP contribution in [0.2, 0.25) is 5.02 Å². The van der Waals surface area contributed by atoms with Gasteiger partial charge in [0.15, 0.2) is 0 Å². The van der Waals surface area contributed by atoms with E-state index in [9.17, 15) is 22.0 Å². The fourth-order valence-corrected chi connectivity index (χ4v) is 3.16. The number of aliphatic carboxylic acids is 1. The Kier molecular flexibility index (Phi) is 6.51. The van der Waals surface area contributed by atoms with Crippen molar-refractivity contribution in [1.29, 1.82) is 0 Å². The molecular formula is C12H14ClF2NO5S. The molecule has 0 aromatic heterocycles. The second-order valence-electron chi connectivity index (χ2n) is 4.27. The molecule has 124 valence electrons. The number of hydrogen-bond donors (Lipinski definition) is 2. The Morgan fingerprint density at radius 1 is 1.45 bits per heavy atom. The van der Waals surface area contributed by atoms with E-state index < -0.39 is 28.6 Å². The molecule has 0 aliphatic carbocycles. The van der Waals surface area contributed by atoms with Crippen LogP contribution in [0.5, 0.6) is 5.75 Å². The number of hydrogen-bond acceptors (Lipinski definition) is 4. The minimum Gasteiger partial charge on any atom is -0.480 e. The van der Waals surface area contributed by atoms with Crippen molar-refractivity contribution in [2.75, 3.05) is 0 Å². The highest BCUT2D eigenvalue weighted by molar-refractivity contribution is 7.89. The summed E-state index contributed by atoms with van der Waals surface area (Å²) in [6.45, 7) is -1.39. The minimum absolute atomic E-state index is 0.106. The van der Waals surface area contributed by atoms with Crippen molar-refractivity contribution >= 4 is 27.6 Å². The van der Waals surface area contributed by atoms with Crippen LogP contribution in [0.1, 0.15) is 19.8 Å². The van der Waals surface area contributed by atoms with Crippen molar-refractivity contribution < 1.29 is 31.8 Å². The fourth-order valence-electron chi connectivity index (χ4n) is 1.62. The summed E-state index contributed by atoms with van der Waals surface area (Å²) >= 11 is 5.67. The zero-order chi connectivity index (χ0) is 16.9. The van der Waals surface area contributed by atoms with Crippen LogP contribution in [0.15, 0.2) is 23.1 Å². The fraction of sp³-hybridized carbons (Fsp3) is 0.417. The van der Waals surface area contributed by atoms with E-state index in [2.05, 4.69) is 4.74 Å². The molecule has 6 nitrogen and oxygen atoms in total. The molecule has 1 aromatic carbocycles. The van der Waals surface area contributed by atoms with Crippen molar-refractivity contribution in [3.05, 3.63) is 23.2 Å². The molecule has 0 amide bonds. The predicted octanol–water partition coefficient (Wildman–Crippen LogP) is 2.47. The van der Waals surface area contributed by atoms with Gasteiger partial charge in [-0.05, 0) is 24.6 Å². The number of alkyl halides is 2. The highest BCUT2D eigenvalue weighted by atomic mass is 35.5. The summed E-state index contributed by atoms with van der Waals surface area (Å²) in [5.41, 5.74) is 0. The molecule has 0 radical (unpaired) electrons. The molecule has 1 atom stereocenters. The summed E-state index contributed by atoms with van der Waals surface area (Å²) in [7, 11) is -4.15. The van der Waals surface area contributed by atoms with E-state index in [0.29, 0.717) is 6.42 Å². The van der Waals surface area contributed by atoms with E-state index in [0.717, 1.165) is 18.2 Å². The van der Waals surface area contributed by atoms with E-state index in [1.54, 1.807) is 6.92 Å². The predicted molar refractivity (Wildman–Crippen MR) is 74.7 cm³/mol. The largest absolute Gasteiger partial charge is 0.480 e. The number of nitrogens with one attached hydrogen (secondary N) is 1. The van der Waals surface area contributed by atoms with E-state index in [1.165, 1.54) is 0 Å². The lowest BCUT2D eigenvalue weighted by Crippen LogP contribution is -2.40. The van der Waals surface area contributed by atoms with Gasteiger partial charge in [-0.15, -0.1) is 0 Å². The zero-order valence-electron chi connectivity index (χ0n) is 11.4. The quantitative estimate of drug-likeness (QED) is 0.745. The number of carboxylic acids is 1. The average molecular weight is 358 g/mol. The van der Waals surface area contributed by atoms with Crippen molar-refractivity contribution in [2.45, 2.75) is 37.3 Å². The summed E-state index contributed by atoms with van der Waals surface area (Å²) in [5, 5.41) is 8.63. The lowest BCUT2D eigenvalue weighted by atomic mass is 10.2. The lowest BCUT2D eigenvalue weighted by Gasteiger charge is -2.14. The summed E-state index contributed by atoms with van der Waals surface area (Å²) in [5.74, 6) is -1.69. The second kappa shape index (κ2) is 7.70. The molecule has 2 N–H and O–H groups in total. The van der Waals surface area contributed by atoms with Crippen LogP contribution in [-0.4, -0.2) is 32.1 Å². The Balaban J connectivity index is 3.02. The smallest absolute Gasteiger partial charge is 0.387 e. The molecule has 0 saturated heterocycles. The average Bonchev–Trinajstić information content (AvgIpc) is 2.39. The van der Waals surface area contributed by atoms with Crippen molar-refractivity contribution in [3.8, 4) is 5.75 Å². The molecule has 0 heterocycles. The van der Waals surface area contributed by atoms with Crippen LogP contribution in [0, 0.1) is 0 Å². The Labute approximate surface area is 131 Å². The van der Waals surface area contributed by atoms with Crippen LogP contribution < -0.4 is 9.46 Å². The Hall–Kier alpha value is -1.45. The summed E-state index contributed by atoms with van der Waals surface area (Å²) in [4.78, 5) is 10.6. The molecule has 22 heavy (non-hydrogen) atoms. The van der Waals surface area contributed by atoms with E-state index in [4.69, 9.17) is 16.7 Å². The van der Waals surface area contributed by atoms with Crippen molar-refractivity contribution in [3.63, 3.8) is 0 Å². The molecule has 10 heteroatoms. The number of sulfonamides is 1. The maximum atomic E-state index is 12.1. The van der Waals surface area contributed by atoms with Gasteiger partial charge in [0.25, 0.3) is 0 Å². The Morgan fingerprint density at radius 2 is 2.09 bits per heavy atom. The first-order valence-electron chi connectivity index (χ1n) is 6.17. The molecule has 0 bridgehead atoms. The molecular weight excluding hydrogens is 344 g/mol. The zero-order valence-corrected chi connectivity index (χ0v) is 13.0. The Morgan fingerprint density at radius 3 is 2.55 bits per heavy atom. The van der Waals surface area contributed by atoms with Gasteiger partial charge in [0.1, 0.15) is 11.8 Å². The molecule has 0 aliphatic heterocycles. The third kappa shape index (κ3) is 5.08. The maximum absolute atomic E-state index is 12.1. The molecule has 0 fully saturated rings. The normalized spacial score (nSPS) is 13.1. The van der Waals surface area contributed by atoms with E-state index in [-0.39, 0.29) is 22.1 Å². The number of ether oxygens (including phenoxy) is 1. The van der Waals surface area contributed by atoms with Crippen LogP contribution in [0.3, 0.4) is 0 Å². The van der Waals surface area contributed by atoms with Gasteiger partial charge in [-0.3, -0.25) is 4.79 Å². The first-order valence-corrected chi connectivity index (χ1v) is 8.03.